The van der Waals surface area contributed by atoms with Crippen LogP contribution in [-0.4, -0.2) is 66.6 Å². The lowest BCUT2D eigenvalue weighted by Gasteiger charge is -2.34. The molecule has 2 heterocycles. The third-order valence-electron chi connectivity index (χ3n) is 4.57. The number of rotatable bonds is 7. The average Bonchev–Trinajstić information content (AvgIpc) is 3.12. The Hall–Kier alpha value is -1.96. The highest BCUT2D eigenvalue weighted by atomic mass is 32.1. The number of carbonyl (C=O) groups is 1. The van der Waals surface area contributed by atoms with E-state index in [2.05, 4.69) is 52.1 Å². The maximum absolute atomic E-state index is 12.0. The summed E-state index contributed by atoms with van der Waals surface area (Å²) in [5, 5.41) is 5.36. The quantitative estimate of drug-likeness (QED) is 0.806. The number of hydrogen-bond donors (Lipinski definition) is 1. The monoisotopic (exact) mass is 374 g/mol. The molecule has 0 spiro atoms. The summed E-state index contributed by atoms with van der Waals surface area (Å²) in [6.45, 7) is 9.90. The number of nitrogens with one attached hydrogen (secondary N) is 1. The van der Waals surface area contributed by atoms with E-state index in [0.717, 1.165) is 38.5 Å². The van der Waals surface area contributed by atoms with Crippen LogP contribution in [0.3, 0.4) is 0 Å². The molecule has 3 rings (SSSR count). The topological polar surface area (TPSA) is 57.7 Å². The Labute approximate surface area is 158 Å². The number of aryl methyl sites for hydroxylation is 2. The molecule has 1 aromatic heterocycles. The van der Waals surface area contributed by atoms with Gasteiger partial charge in [-0.2, -0.15) is 0 Å². The van der Waals surface area contributed by atoms with Crippen LogP contribution in [0.5, 0.6) is 5.75 Å². The van der Waals surface area contributed by atoms with Crippen LogP contribution in [0, 0.1) is 13.8 Å². The van der Waals surface area contributed by atoms with Crippen molar-refractivity contribution in [3.05, 3.63) is 40.9 Å². The van der Waals surface area contributed by atoms with Gasteiger partial charge in [0.15, 0.2) is 5.13 Å². The van der Waals surface area contributed by atoms with Gasteiger partial charge < -0.3 is 10.1 Å². The van der Waals surface area contributed by atoms with Crippen molar-refractivity contribution in [1.82, 2.24) is 14.8 Å². The summed E-state index contributed by atoms with van der Waals surface area (Å²) >= 11 is 1.44. The average molecular weight is 375 g/mol. The second kappa shape index (κ2) is 9.12. The van der Waals surface area contributed by atoms with Gasteiger partial charge in [0.25, 0.3) is 0 Å². The van der Waals surface area contributed by atoms with Crippen LogP contribution in [-0.2, 0) is 4.79 Å². The molecule has 26 heavy (non-hydrogen) atoms. The number of piperazine rings is 1. The zero-order valence-electron chi connectivity index (χ0n) is 15.4. The van der Waals surface area contributed by atoms with Gasteiger partial charge in [0.2, 0.25) is 5.91 Å². The molecular formula is C19H26N4O2S. The van der Waals surface area contributed by atoms with Crippen molar-refractivity contribution in [2.75, 3.05) is 51.2 Å². The van der Waals surface area contributed by atoms with Gasteiger partial charge in [-0.15, -0.1) is 11.3 Å². The normalized spacial score (nSPS) is 15.8. The van der Waals surface area contributed by atoms with E-state index in [9.17, 15) is 4.79 Å². The van der Waals surface area contributed by atoms with E-state index < -0.39 is 0 Å². The summed E-state index contributed by atoms with van der Waals surface area (Å²) in [6.07, 6.45) is 1.69. The van der Waals surface area contributed by atoms with Crippen molar-refractivity contribution >= 4 is 22.4 Å². The van der Waals surface area contributed by atoms with E-state index in [4.69, 9.17) is 4.74 Å². The van der Waals surface area contributed by atoms with Gasteiger partial charge in [-0.25, -0.2) is 4.98 Å². The molecule has 0 unspecified atom stereocenters. The van der Waals surface area contributed by atoms with Gasteiger partial charge in [-0.3, -0.25) is 14.6 Å². The zero-order chi connectivity index (χ0) is 18.4. The fraction of sp³-hybridized carbons (Fsp3) is 0.474. The van der Waals surface area contributed by atoms with Crippen LogP contribution in [0.15, 0.2) is 29.8 Å². The smallest absolute Gasteiger partial charge is 0.240 e. The lowest BCUT2D eigenvalue weighted by Crippen LogP contribution is -2.49. The van der Waals surface area contributed by atoms with Crippen LogP contribution in [0.2, 0.25) is 0 Å². The molecule has 0 bridgehead atoms. The van der Waals surface area contributed by atoms with Crippen molar-refractivity contribution in [3.63, 3.8) is 0 Å². The lowest BCUT2D eigenvalue weighted by atomic mass is 10.1. The predicted molar refractivity (Wildman–Crippen MR) is 105 cm³/mol. The van der Waals surface area contributed by atoms with Crippen LogP contribution < -0.4 is 10.1 Å². The van der Waals surface area contributed by atoms with E-state index >= 15 is 0 Å². The van der Waals surface area contributed by atoms with Gasteiger partial charge >= 0.3 is 0 Å². The minimum atomic E-state index is 0.00626. The predicted octanol–water partition coefficient (Wildman–Crippen LogP) is 2.40. The van der Waals surface area contributed by atoms with E-state index in [0.29, 0.717) is 18.3 Å². The molecule has 0 aliphatic carbocycles. The molecule has 2 aromatic rings. The molecular weight excluding hydrogens is 348 g/mol. The molecule has 1 aromatic carbocycles. The summed E-state index contributed by atoms with van der Waals surface area (Å²) in [6, 6.07) is 6.22. The summed E-state index contributed by atoms with van der Waals surface area (Å²) < 4.78 is 6.00. The third-order valence-corrected chi connectivity index (χ3v) is 5.26. The Morgan fingerprint density at radius 3 is 2.54 bits per heavy atom. The fourth-order valence-corrected chi connectivity index (χ4v) is 3.67. The van der Waals surface area contributed by atoms with E-state index in [1.54, 1.807) is 6.20 Å². The molecule has 0 saturated carbocycles. The second-order valence-corrected chi connectivity index (χ2v) is 7.47. The number of thiazole rings is 1. The number of nitrogens with zero attached hydrogens (tertiary/aromatic N) is 3. The standard InChI is InChI=1S/C19H26N4O2S/c1-15-4-3-5-16(2)18(15)25-12-11-22-7-9-23(10-8-22)14-17(24)21-19-20-6-13-26-19/h3-6,13H,7-12,14H2,1-2H3,(H,20,21,24). The largest absolute Gasteiger partial charge is 0.492 e. The van der Waals surface area contributed by atoms with Crippen molar-refractivity contribution in [2.45, 2.75) is 13.8 Å². The minimum absolute atomic E-state index is 0.00626. The molecule has 7 heteroatoms. The molecule has 1 N–H and O–H groups in total. The number of aromatic nitrogens is 1. The maximum atomic E-state index is 12.0. The summed E-state index contributed by atoms with van der Waals surface area (Å²) in [4.78, 5) is 20.7. The van der Waals surface area contributed by atoms with Crippen LogP contribution in [0.4, 0.5) is 5.13 Å². The molecule has 0 radical (unpaired) electrons. The number of para-hydroxylation sites is 1. The van der Waals surface area contributed by atoms with Crippen LogP contribution in [0.25, 0.3) is 0 Å². The van der Waals surface area contributed by atoms with Gasteiger partial charge in [0, 0.05) is 44.3 Å². The van der Waals surface area contributed by atoms with Crippen LogP contribution >= 0.6 is 11.3 Å². The SMILES string of the molecule is Cc1cccc(C)c1OCCN1CCN(CC(=O)Nc2nccs2)CC1. The molecule has 1 saturated heterocycles. The van der Waals surface area contributed by atoms with Gasteiger partial charge in [0.1, 0.15) is 12.4 Å². The lowest BCUT2D eigenvalue weighted by molar-refractivity contribution is -0.117. The number of ether oxygens (including phenoxy) is 1. The Balaban J connectivity index is 1.35. The maximum Gasteiger partial charge on any atom is 0.240 e. The Kier molecular flexibility index (Phi) is 6.60. The van der Waals surface area contributed by atoms with E-state index in [1.165, 1.54) is 22.5 Å². The Morgan fingerprint density at radius 2 is 1.88 bits per heavy atom. The number of amides is 1. The molecule has 1 fully saturated rings. The van der Waals surface area contributed by atoms with Crippen molar-refractivity contribution < 1.29 is 9.53 Å². The minimum Gasteiger partial charge on any atom is -0.492 e. The number of benzene rings is 1. The second-order valence-electron chi connectivity index (χ2n) is 6.57. The van der Waals surface area contributed by atoms with E-state index in [1.807, 2.05) is 5.38 Å². The molecule has 0 atom stereocenters. The van der Waals surface area contributed by atoms with Gasteiger partial charge in [0.05, 0.1) is 6.54 Å². The highest BCUT2D eigenvalue weighted by molar-refractivity contribution is 7.13. The molecule has 1 aliphatic heterocycles. The molecule has 140 valence electrons. The summed E-state index contributed by atoms with van der Waals surface area (Å²) in [5.41, 5.74) is 2.36. The highest BCUT2D eigenvalue weighted by Gasteiger charge is 2.19. The molecule has 1 amide bonds. The third kappa shape index (κ3) is 5.27. The first-order valence-electron chi connectivity index (χ1n) is 8.95. The number of carbonyl (C=O) groups excluding carboxylic acids is 1. The van der Waals surface area contributed by atoms with Crippen molar-refractivity contribution in [1.29, 1.82) is 0 Å². The van der Waals surface area contributed by atoms with Crippen molar-refractivity contribution in [2.24, 2.45) is 0 Å². The van der Waals surface area contributed by atoms with E-state index in [-0.39, 0.29) is 5.91 Å². The Morgan fingerprint density at radius 1 is 1.19 bits per heavy atom. The summed E-state index contributed by atoms with van der Waals surface area (Å²) in [7, 11) is 0. The number of anilines is 1. The van der Waals surface area contributed by atoms with Crippen molar-refractivity contribution in [3.8, 4) is 5.75 Å². The number of hydrogen-bond acceptors (Lipinski definition) is 6. The molecule has 6 nitrogen and oxygen atoms in total. The zero-order valence-corrected chi connectivity index (χ0v) is 16.2. The Bertz CT molecular complexity index is 692. The van der Waals surface area contributed by atoms with Gasteiger partial charge in [-0.05, 0) is 25.0 Å². The van der Waals surface area contributed by atoms with Crippen LogP contribution in [0.1, 0.15) is 11.1 Å². The first-order valence-corrected chi connectivity index (χ1v) is 9.83. The first-order chi connectivity index (χ1) is 12.6. The molecule has 1 aliphatic rings. The highest BCUT2D eigenvalue weighted by Crippen LogP contribution is 2.22. The fourth-order valence-electron chi connectivity index (χ4n) is 3.12. The first kappa shape index (κ1) is 18.8. The van der Waals surface area contributed by atoms with Gasteiger partial charge in [-0.1, -0.05) is 18.2 Å². The summed E-state index contributed by atoms with van der Waals surface area (Å²) in [5.74, 6) is 1.01.